The summed E-state index contributed by atoms with van der Waals surface area (Å²) in [6.07, 6.45) is 0. The largest absolute Gasteiger partial charge is 0.493 e. The molecule has 0 bridgehead atoms. The average Bonchev–Trinajstić information content (AvgIpc) is 2.95. The number of benzene rings is 2. The van der Waals surface area contributed by atoms with Gasteiger partial charge in [0.2, 0.25) is 0 Å². The highest BCUT2D eigenvalue weighted by molar-refractivity contribution is 6.31. The Morgan fingerprint density at radius 1 is 1.04 bits per heavy atom. The zero-order valence-electron chi connectivity index (χ0n) is 15.5. The lowest BCUT2D eigenvalue weighted by Crippen LogP contribution is -2.12. The van der Waals surface area contributed by atoms with Crippen LogP contribution in [0.4, 0.5) is 5.69 Å². The first-order valence-corrected chi connectivity index (χ1v) is 8.68. The van der Waals surface area contributed by atoms with Crippen LogP contribution in [-0.4, -0.2) is 29.9 Å². The molecule has 0 unspecified atom stereocenters. The molecule has 3 aromatic rings. The third-order valence-corrected chi connectivity index (χ3v) is 4.77. The van der Waals surface area contributed by atoms with Gasteiger partial charge in [-0.2, -0.15) is 5.10 Å². The number of amides is 1. The fourth-order valence-electron chi connectivity index (χ4n) is 2.74. The van der Waals surface area contributed by atoms with E-state index in [0.29, 0.717) is 27.8 Å². The van der Waals surface area contributed by atoms with Gasteiger partial charge in [-0.3, -0.25) is 4.79 Å². The zero-order valence-corrected chi connectivity index (χ0v) is 16.3. The Hall–Kier alpha value is -2.99. The lowest BCUT2D eigenvalue weighted by molar-refractivity contribution is 0.102. The highest BCUT2D eigenvalue weighted by atomic mass is 35.5. The third-order valence-electron chi connectivity index (χ3n) is 4.22. The maximum Gasteiger partial charge on any atom is 0.255 e. The van der Waals surface area contributed by atoms with E-state index in [1.807, 2.05) is 38.1 Å². The van der Waals surface area contributed by atoms with Crippen molar-refractivity contribution in [1.29, 1.82) is 0 Å². The summed E-state index contributed by atoms with van der Waals surface area (Å²) in [7, 11) is 3.08. The number of hydrogen-bond donors (Lipinski definition) is 1. The standard InChI is InChI=1S/C20H20ClN3O3/c1-12-19(21)13(2)24(23-12)16-8-6-15(7-9-16)22-20(25)14-5-10-17(26-3)18(11-14)27-4/h5-11H,1-4H3,(H,22,25). The lowest BCUT2D eigenvalue weighted by Gasteiger charge is -2.11. The Balaban J connectivity index is 1.78. The van der Waals surface area contributed by atoms with Gasteiger partial charge in [-0.05, 0) is 56.3 Å². The first-order chi connectivity index (χ1) is 12.9. The number of rotatable bonds is 5. The van der Waals surface area contributed by atoms with Crippen LogP contribution in [0.5, 0.6) is 11.5 Å². The normalized spacial score (nSPS) is 10.6. The van der Waals surface area contributed by atoms with Crippen LogP contribution in [0.2, 0.25) is 5.02 Å². The minimum Gasteiger partial charge on any atom is -0.493 e. The fraction of sp³-hybridized carbons (Fsp3) is 0.200. The first kappa shape index (κ1) is 18.8. The molecule has 0 saturated heterocycles. The van der Waals surface area contributed by atoms with Crippen molar-refractivity contribution in [2.75, 3.05) is 19.5 Å². The Labute approximate surface area is 162 Å². The molecule has 0 spiro atoms. The van der Waals surface area contributed by atoms with E-state index in [4.69, 9.17) is 21.1 Å². The van der Waals surface area contributed by atoms with Gasteiger partial charge >= 0.3 is 0 Å². The van der Waals surface area contributed by atoms with Crippen LogP contribution in [0.15, 0.2) is 42.5 Å². The van der Waals surface area contributed by atoms with Crippen molar-refractivity contribution in [3.8, 4) is 17.2 Å². The summed E-state index contributed by atoms with van der Waals surface area (Å²) in [6, 6.07) is 12.4. The highest BCUT2D eigenvalue weighted by Crippen LogP contribution is 2.28. The Kier molecular flexibility index (Phi) is 5.37. The van der Waals surface area contributed by atoms with Crippen molar-refractivity contribution in [3.05, 3.63) is 64.4 Å². The molecule has 27 heavy (non-hydrogen) atoms. The Morgan fingerprint density at radius 3 is 2.26 bits per heavy atom. The zero-order chi connectivity index (χ0) is 19.6. The van der Waals surface area contributed by atoms with E-state index in [1.54, 1.807) is 30.0 Å². The summed E-state index contributed by atoms with van der Waals surface area (Å²) in [5.74, 6) is 0.835. The van der Waals surface area contributed by atoms with Gasteiger partial charge < -0.3 is 14.8 Å². The SMILES string of the molecule is COc1ccc(C(=O)Nc2ccc(-n3nc(C)c(Cl)c3C)cc2)cc1OC. The number of carbonyl (C=O) groups is 1. The summed E-state index contributed by atoms with van der Waals surface area (Å²) >= 11 is 6.20. The van der Waals surface area contributed by atoms with Crippen molar-refractivity contribution in [3.63, 3.8) is 0 Å². The van der Waals surface area contributed by atoms with Gasteiger partial charge in [0.25, 0.3) is 5.91 Å². The first-order valence-electron chi connectivity index (χ1n) is 8.30. The second-order valence-electron chi connectivity index (χ2n) is 5.97. The van der Waals surface area contributed by atoms with Crippen LogP contribution in [0.3, 0.4) is 0 Å². The molecule has 0 radical (unpaired) electrons. The maximum atomic E-state index is 12.5. The summed E-state index contributed by atoms with van der Waals surface area (Å²) in [5.41, 5.74) is 3.66. The molecule has 0 aliphatic heterocycles. The van der Waals surface area contributed by atoms with Crippen LogP contribution in [0.1, 0.15) is 21.7 Å². The molecule has 0 aliphatic rings. The number of anilines is 1. The van der Waals surface area contributed by atoms with Gasteiger partial charge in [0, 0.05) is 11.3 Å². The van der Waals surface area contributed by atoms with E-state index in [2.05, 4.69) is 10.4 Å². The van der Waals surface area contributed by atoms with Crippen LogP contribution >= 0.6 is 11.6 Å². The smallest absolute Gasteiger partial charge is 0.255 e. The summed E-state index contributed by atoms with van der Waals surface area (Å²) in [5, 5.41) is 7.94. The highest BCUT2D eigenvalue weighted by Gasteiger charge is 2.13. The van der Waals surface area contributed by atoms with Crippen molar-refractivity contribution < 1.29 is 14.3 Å². The molecule has 1 amide bonds. The number of halogens is 1. The van der Waals surface area contributed by atoms with Crippen molar-refractivity contribution >= 4 is 23.2 Å². The second kappa shape index (κ2) is 7.72. The fourth-order valence-corrected chi connectivity index (χ4v) is 2.86. The lowest BCUT2D eigenvalue weighted by atomic mass is 10.1. The van der Waals surface area contributed by atoms with E-state index in [9.17, 15) is 4.79 Å². The molecule has 1 aromatic heterocycles. The molecular formula is C20H20ClN3O3. The molecule has 140 valence electrons. The van der Waals surface area contributed by atoms with Gasteiger partial charge in [0.05, 0.1) is 36.3 Å². The molecule has 0 atom stereocenters. The predicted octanol–water partition coefficient (Wildman–Crippen LogP) is 4.41. The van der Waals surface area contributed by atoms with Crippen LogP contribution in [0.25, 0.3) is 5.69 Å². The number of carbonyl (C=O) groups excluding carboxylic acids is 1. The molecule has 7 heteroatoms. The van der Waals surface area contributed by atoms with Gasteiger partial charge in [0.15, 0.2) is 11.5 Å². The molecule has 1 heterocycles. The minimum atomic E-state index is -0.238. The van der Waals surface area contributed by atoms with Crippen molar-refractivity contribution in [2.24, 2.45) is 0 Å². The molecule has 6 nitrogen and oxygen atoms in total. The molecule has 0 aliphatic carbocycles. The maximum absolute atomic E-state index is 12.5. The number of hydrogen-bond acceptors (Lipinski definition) is 4. The molecular weight excluding hydrogens is 366 g/mol. The Bertz CT molecular complexity index is 981. The summed E-state index contributed by atoms with van der Waals surface area (Å²) in [6.45, 7) is 3.78. The van der Waals surface area contributed by atoms with Crippen molar-refractivity contribution in [1.82, 2.24) is 9.78 Å². The monoisotopic (exact) mass is 385 g/mol. The molecule has 3 rings (SSSR count). The summed E-state index contributed by atoms with van der Waals surface area (Å²) in [4.78, 5) is 12.5. The number of aromatic nitrogens is 2. The number of nitrogens with one attached hydrogen (secondary N) is 1. The average molecular weight is 386 g/mol. The Morgan fingerprint density at radius 2 is 1.70 bits per heavy atom. The molecule has 1 N–H and O–H groups in total. The van der Waals surface area contributed by atoms with Crippen LogP contribution < -0.4 is 14.8 Å². The molecule has 0 saturated carbocycles. The van der Waals surface area contributed by atoms with Crippen LogP contribution in [0, 0.1) is 13.8 Å². The van der Waals surface area contributed by atoms with Crippen molar-refractivity contribution in [2.45, 2.75) is 13.8 Å². The van der Waals surface area contributed by atoms with Gasteiger partial charge in [-0.1, -0.05) is 11.6 Å². The van der Waals surface area contributed by atoms with Crippen LogP contribution in [-0.2, 0) is 0 Å². The van der Waals surface area contributed by atoms with Gasteiger partial charge in [-0.25, -0.2) is 4.68 Å². The number of methoxy groups -OCH3 is 2. The summed E-state index contributed by atoms with van der Waals surface area (Å²) < 4.78 is 12.2. The minimum absolute atomic E-state index is 0.238. The predicted molar refractivity (Wildman–Crippen MR) is 106 cm³/mol. The van der Waals surface area contributed by atoms with Gasteiger partial charge in [0.1, 0.15) is 0 Å². The molecule has 2 aromatic carbocycles. The van der Waals surface area contributed by atoms with E-state index in [1.165, 1.54) is 7.11 Å². The topological polar surface area (TPSA) is 65.4 Å². The van der Waals surface area contributed by atoms with E-state index in [0.717, 1.165) is 17.1 Å². The van der Waals surface area contributed by atoms with E-state index in [-0.39, 0.29) is 5.91 Å². The molecule has 0 fully saturated rings. The number of nitrogens with zero attached hydrogens (tertiary/aromatic N) is 2. The van der Waals surface area contributed by atoms with E-state index < -0.39 is 0 Å². The quantitative estimate of drug-likeness (QED) is 0.706. The van der Waals surface area contributed by atoms with E-state index >= 15 is 0 Å². The number of aryl methyl sites for hydroxylation is 1. The number of ether oxygens (including phenoxy) is 2. The second-order valence-corrected chi connectivity index (χ2v) is 6.35. The third kappa shape index (κ3) is 3.75. The van der Waals surface area contributed by atoms with Gasteiger partial charge in [-0.15, -0.1) is 0 Å².